The van der Waals surface area contributed by atoms with Gasteiger partial charge in [0.05, 0.1) is 24.7 Å². The van der Waals surface area contributed by atoms with Crippen molar-refractivity contribution in [3.05, 3.63) is 29.2 Å². The van der Waals surface area contributed by atoms with Gasteiger partial charge in [0.15, 0.2) is 0 Å². The van der Waals surface area contributed by atoms with Crippen LogP contribution < -0.4 is 5.32 Å². The molecule has 0 amide bonds. The summed E-state index contributed by atoms with van der Waals surface area (Å²) in [4.78, 5) is 16.2. The number of nitrogens with one attached hydrogen (secondary N) is 1. The van der Waals surface area contributed by atoms with Crippen LogP contribution in [0, 0.1) is 0 Å². The van der Waals surface area contributed by atoms with Gasteiger partial charge in [-0.15, -0.1) is 0 Å². The number of aliphatic imine (C=N–C) groups is 1. The number of nitrogens with zero attached hydrogens (tertiary/aromatic N) is 3. The molecule has 1 atom stereocenters. The topological polar surface area (TPSA) is 68.5 Å². The molecular formula is C13H18N4O2. The molecule has 6 nitrogen and oxygen atoms in total. The van der Waals surface area contributed by atoms with Crippen molar-refractivity contribution < 1.29 is 9.53 Å². The van der Waals surface area contributed by atoms with Gasteiger partial charge in [0, 0.05) is 7.05 Å². The highest BCUT2D eigenvalue weighted by molar-refractivity contribution is 6.12. The first-order valence-corrected chi connectivity index (χ1v) is 6.22. The first kappa shape index (κ1) is 13.3. The molecule has 1 unspecified atom stereocenters. The zero-order chi connectivity index (χ0) is 14.0. The van der Waals surface area contributed by atoms with Crippen molar-refractivity contribution in [2.24, 2.45) is 12.0 Å². The molecule has 102 valence electrons. The van der Waals surface area contributed by atoms with Crippen LogP contribution in [-0.2, 0) is 23.0 Å². The lowest BCUT2D eigenvalue weighted by atomic mass is 10.1. The molecule has 1 N–H and O–H groups in total. The smallest absolute Gasteiger partial charge is 0.354 e. The largest absolute Gasteiger partial charge is 0.464 e. The van der Waals surface area contributed by atoms with Gasteiger partial charge in [0.25, 0.3) is 0 Å². The summed E-state index contributed by atoms with van der Waals surface area (Å²) in [7, 11) is 3.23. The summed E-state index contributed by atoms with van der Waals surface area (Å²) in [5.41, 5.74) is 3.22. The maximum absolute atomic E-state index is 11.6. The molecule has 6 heteroatoms. The van der Waals surface area contributed by atoms with Crippen molar-refractivity contribution >= 4 is 11.7 Å². The van der Waals surface area contributed by atoms with Gasteiger partial charge in [0.2, 0.25) is 0 Å². The standard InChI is InChI=1S/C13H18N4O2/c1-5-9-7-14-17(3)12(9)10-6-11(13(18)19-4)16-8(2)15-10/h6-8,16H,5H2,1-4H3. The zero-order valence-corrected chi connectivity index (χ0v) is 11.6. The summed E-state index contributed by atoms with van der Waals surface area (Å²) >= 11 is 0. The van der Waals surface area contributed by atoms with Crippen LogP contribution in [0.25, 0.3) is 0 Å². The molecule has 19 heavy (non-hydrogen) atoms. The van der Waals surface area contributed by atoms with Crippen LogP contribution in [0.15, 0.2) is 23.0 Å². The van der Waals surface area contributed by atoms with Gasteiger partial charge in [-0.3, -0.25) is 9.67 Å². The van der Waals surface area contributed by atoms with E-state index < -0.39 is 0 Å². The number of ether oxygens (including phenoxy) is 1. The number of esters is 1. The van der Waals surface area contributed by atoms with Crippen LogP contribution in [0.2, 0.25) is 0 Å². The predicted octanol–water partition coefficient (Wildman–Crippen LogP) is 0.778. The number of aromatic nitrogens is 2. The van der Waals surface area contributed by atoms with Crippen LogP contribution in [0.5, 0.6) is 0 Å². The maximum atomic E-state index is 11.6. The van der Waals surface area contributed by atoms with E-state index in [1.807, 2.05) is 20.2 Å². The molecule has 1 aliphatic rings. The van der Waals surface area contributed by atoms with Crippen LogP contribution >= 0.6 is 0 Å². The van der Waals surface area contributed by atoms with Crippen LogP contribution in [0.3, 0.4) is 0 Å². The molecular weight excluding hydrogens is 244 g/mol. The van der Waals surface area contributed by atoms with Crippen molar-refractivity contribution in [1.82, 2.24) is 15.1 Å². The SMILES string of the molecule is CCc1cnn(C)c1C1=NC(C)NC(C(=O)OC)=C1. The first-order chi connectivity index (χ1) is 9.06. The zero-order valence-electron chi connectivity index (χ0n) is 11.6. The number of methoxy groups -OCH3 is 1. The highest BCUT2D eigenvalue weighted by Crippen LogP contribution is 2.15. The van der Waals surface area contributed by atoms with Crippen molar-refractivity contribution in [2.75, 3.05) is 7.11 Å². The Labute approximate surface area is 112 Å². The fourth-order valence-electron chi connectivity index (χ4n) is 2.11. The second kappa shape index (κ2) is 5.26. The Kier molecular flexibility index (Phi) is 3.69. The average molecular weight is 262 g/mol. The fourth-order valence-corrected chi connectivity index (χ4v) is 2.11. The summed E-state index contributed by atoms with van der Waals surface area (Å²) in [6, 6.07) is 0. The molecule has 2 rings (SSSR count). The van der Waals surface area contributed by atoms with E-state index in [0.29, 0.717) is 5.70 Å². The Morgan fingerprint density at radius 3 is 2.95 bits per heavy atom. The van der Waals surface area contributed by atoms with Gasteiger partial charge in [-0.1, -0.05) is 6.92 Å². The van der Waals surface area contributed by atoms with Gasteiger partial charge in [-0.25, -0.2) is 4.79 Å². The molecule has 0 spiro atoms. The van der Waals surface area contributed by atoms with Crippen molar-refractivity contribution in [1.29, 1.82) is 0 Å². The number of hydrogen-bond acceptors (Lipinski definition) is 5. The number of carbonyl (C=O) groups is 1. The van der Waals surface area contributed by atoms with E-state index in [2.05, 4.69) is 22.3 Å². The second-order valence-electron chi connectivity index (χ2n) is 4.38. The predicted molar refractivity (Wildman–Crippen MR) is 71.8 cm³/mol. The van der Waals surface area contributed by atoms with E-state index in [1.54, 1.807) is 10.8 Å². The number of aryl methyl sites for hydroxylation is 2. The maximum Gasteiger partial charge on any atom is 0.354 e. The molecule has 0 radical (unpaired) electrons. The van der Waals surface area contributed by atoms with Crippen LogP contribution in [-0.4, -0.2) is 34.7 Å². The molecule has 2 heterocycles. The third-order valence-corrected chi connectivity index (χ3v) is 3.02. The van der Waals surface area contributed by atoms with Crippen LogP contribution in [0.4, 0.5) is 0 Å². The monoisotopic (exact) mass is 262 g/mol. The van der Waals surface area contributed by atoms with E-state index in [0.717, 1.165) is 23.4 Å². The molecule has 0 saturated heterocycles. The Balaban J connectivity index is 2.45. The van der Waals surface area contributed by atoms with Crippen LogP contribution in [0.1, 0.15) is 25.1 Å². The van der Waals surface area contributed by atoms with Gasteiger partial charge in [0.1, 0.15) is 11.9 Å². The average Bonchev–Trinajstić information content (AvgIpc) is 2.78. The van der Waals surface area contributed by atoms with E-state index in [9.17, 15) is 4.79 Å². The molecule has 0 saturated carbocycles. The number of hydrogen-bond donors (Lipinski definition) is 1. The van der Waals surface area contributed by atoms with Crippen molar-refractivity contribution in [2.45, 2.75) is 26.4 Å². The third-order valence-electron chi connectivity index (χ3n) is 3.02. The van der Waals surface area contributed by atoms with E-state index in [4.69, 9.17) is 4.74 Å². The van der Waals surface area contributed by atoms with Gasteiger partial charge < -0.3 is 10.1 Å². The minimum atomic E-state index is -0.389. The normalized spacial score (nSPS) is 18.4. The Hall–Kier alpha value is -2.11. The summed E-state index contributed by atoms with van der Waals surface area (Å²) in [5, 5.41) is 7.23. The minimum Gasteiger partial charge on any atom is -0.464 e. The van der Waals surface area contributed by atoms with Crippen molar-refractivity contribution in [3.8, 4) is 0 Å². The number of allylic oxidation sites excluding steroid dienone is 1. The lowest BCUT2D eigenvalue weighted by Crippen LogP contribution is -2.34. The number of carbonyl (C=O) groups excluding carboxylic acids is 1. The van der Waals surface area contributed by atoms with E-state index in [1.165, 1.54) is 7.11 Å². The highest BCUT2D eigenvalue weighted by atomic mass is 16.5. The van der Waals surface area contributed by atoms with Gasteiger partial charge in [-0.05, 0) is 25.0 Å². The fraction of sp³-hybridized carbons (Fsp3) is 0.462. The van der Waals surface area contributed by atoms with Crippen molar-refractivity contribution in [3.63, 3.8) is 0 Å². The summed E-state index contributed by atoms with van der Waals surface area (Å²) in [6.07, 6.45) is 4.23. The number of rotatable bonds is 3. The molecule has 1 aromatic heterocycles. The van der Waals surface area contributed by atoms with E-state index >= 15 is 0 Å². The third kappa shape index (κ3) is 2.52. The van der Waals surface area contributed by atoms with E-state index in [-0.39, 0.29) is 12.1 Å². The molecule has 0 bridgehead atoms. The Morgan fingerprint density at radius 2 is 2.32 bits per heavy atom. The summed E-state index contributed by atoms with van der Waals surface area (Å²) < 4.78 is 6.52. The van der Waals surface area contributed by atoms with Gasteiger partial charge in [-0.2, -0.15) is 5.10 Å². The summed E-state index contributed by atoms with van der Waals surface area (Å²) in [5.74, 6) is -0.389. The summed E-state index contributed by atoms with van der Waals surface area (Å²) in [6.45, 7) is 3.95. The highest BCUT2D eigenvalue weighted by Gasteiger charge is 2.21. The molecule has 0 fully saturated rings. The Bertz CT molecular complexity index is 557. The second-order valence-corrected chi connectivity index (χ2v) is 4.38. The molecule has 0 aromatic carbocycles. The molecule has 1 aromatic rings. The first-order valence-electron chi connectivity index (χ1n) is 6.22. The lowest BCUT2D eigenvalue weighted by Gasteiger charge is -2.20. The molecule has 1 aliphatic heterocycles. The molecule has 0 aliphatic carbocycles. The Morgan fingerprint density at radius 1 is 1.58 bits per heavy atom. The lowest BCUT2D eigenvalue weighted by molar-refractivity contribution is -0.136. The quantitative estimate of drug-likeness (QED) is 0.817. The van der Waals surface area contributed by atoms with Gasteiger partial charge >= 0.3 is 5.97 Å². The minimum absolute atomic E-state index is 0.172.